The van der Waals surface area contributed by atoms with Gasteiger partial charge in [0.2, 0.25) is 5.95 Å². The summed E-state index contributed by atoms with van der Waals surface area (Å²) in [5, 5.41) is 0. The van der Waals surface area contributed by atoms with E-state index >= 15 is 0 Å². The topological polar surface area (TPSA) is 50.4 Å². The molecule has 0 saturated carbocycles. The third-order valence-electron chi connectivity index (χ3n) is 3.85. The minimum Gasteiger partial charge on any atom is -0.497 e. The second kappa shape index (κ2) is 5.26. The zero-order chi connectivity index (χ0) is 15.9. The molecule has 2 aromatic rings. The highest BCUT2D eigenvalue weighted by molar-refractivity contribution is 5.80. The molecule has 114 valence electrons. The van der Waals surface area contributed by atoms with E-state index in [0.29, 0.717) is 0 Å². The fraction of sp³-hybridized carbons (Fsp3) is 0.235. The molecule has 0 bridgehead atoms. The van der Waals surface area contributed by atoms with Crippen molar-refractivity contribution in [2.45, 2.75) is 13.8 Å². The van der Waals surface area contributed by atoms with Crippen molar-refractivity contribution in [3.63, 3.8) is 0 Å². The first-order valence-electron chi connectivity index (χ1n) is 7.01. The molecule has 0 unspecified atom stereocenters. The third-order valence-corrected chi connectivity index (χ3v) is 3.85. The number of aromatic nitrogens is 2. The van der Waals surface area contributed by atoms with Crippen molar-refractivity contribution in [2.24, 2.45) is 0 Å². The highest BCUT2D eigenvalue weighted by Crippen LogP contribution is 2.32. The molecule has 0 amide bonds. The minimum absolute atomic E-state index is 0.724. The normalized spacial score (nSPS) is 15.4. The number of ether oxygens (including phenoxy) is 2. The van der Waals surface area contributed by atoms with E-state index in [1.807, 2.05) is 43.1 Å². The summed E-state index contributed by atoms with van der Waals surface area (Å²) >= 11 is 0. The number of hydrogen-bond acceptors (Lipinski definition) is 4. The number of anilines is 1. The number of imidazole rings is 1. The fourth-order valence-corrected chi connectivity index (χ4v) is 2.66. The van der Waals surface area contributed by atoms with Crippen LogP contribution < -0.4 is 9.64 Å². The molecule has 0 atom stereocenters. The Labute approximate surface area is 129 Å². The maximum atomic E-state index is 5.44. The Balaban J connectivity index is 2.05. The zero-order valence-electron chi connectivity index (χ0n) is 13.2. The summed E-state index contributed by atoms with van der Waals surface area (Å²) in [5.74, 6) is 2.38. The maximum Gasteiger partial charge on any atom is 0.212 e. The average Bonchev–Trinajstić information content (AvgIpc) is 2.94. The van der Waals surface area contributed by atoms with E-state index in [1.165, 1.54) is 0 Å². The van der Waals surface area contributed by atoms with Crippen LogP contribution >= 0.6 is 0 Å². The van der Waals surface area contributed by atoms with Crippen LogP contribution in [0.15, 0.2) is 53.6 Å². The van der Waals surface area contributed by atoms with Crippen molar-refractivity contribution < 1.29 is 9.47 Å². The molecule has 0 aliphatic carbocycles. The van der Waals surface area contributed by atoms with Gasteiger partial charge in [-0.3, -0.25) is 4.90 Å². The Kier molecular flexibility index (Phi) is 3.41. The molecule has 0 radical (unpaired) electrons. The van der Waals surface area contributed by atoms with Gasteiger partial charge in [0, 0.05) is 29.1 Å². The lowest BCUT2D eigenvalue weighted by atomic mass is 10.1. The molecule has 3 rings (SSSR count). The van der Waals surface area contributed by atoms with Gasteiger partial charge in [0.25, 0.3) is 0 Å². The molecule has 22 heavy (non-hydrogen) atoms. The molecule has 5 heteroatoms. The van der Waals surface area contributed by atoms with Gasteiger partial charge in [-0.05, 0) is 26.0 Å². The third kappa shape index (κ3) is 2.15. The van der Waals surface area contributed by atoms with Crippen LogP contribution in [0.2, 0.25) is 0 Å². The molecular weight excluding hydrogens is 278 g/mol. The van der Waals surface area contributed by atoms with Crippen molar-refractivity contribution in [2.75, 3.05) is 19.1 Å². The number of nitrogens with zero attached hydrogens (tertiary/aromatic N) is 2. The van der Waals surface area contributed by atoms with E-state index in [1.54, 1.807) is 14.2 Å². The standard InChI is InChI=1S/C17H19N3O2/c1-10-9-20(12(3)11(2)16(10)22-5)17-18-14-7-6-13(21-4)8-15(14)19-17/h6-9H,3H2,1-2,4-5H3,(H,18,19). The van der Waals surface area contributed by atoms with E-state index < -0.39 is 0 Å². The number of methoxy groups -OCH3 is 2. The Morgan fingerprint density at radius 1 is 1.18 bits per heavy atom. The lowest BCUT2D eigenvalue weighted by Gasteiger charge is -2.28. The average molecular weight is 297 g/mol. The van der Waals surface area contributed by atoms with Crippen LogP contribution in [0.5, 0.6) is 5.75 Å². The highest BCUT2D eigenvalue weighted by Gasteiger charge is 2.22. The molecule has 0 spiro atoms. The first kappa shape index (κ1) is 14.3. The summed E-state index contributed by atoms with van der Waals surface area (Å²) in [5.41, 5.74) is 4.68. The lowest BCUT2D eigenvalue weighted by Crippen LogP contribution is -2.22. The summed E-state index contributed by atoms with van der Waals surface area (Å²) in [6, 6.07) is 5.76. The van der Waals surface area contributed by atoms with Gasteiger partial charge in [0.05, 0.1) is 25.3 Å². The molecular formula is C17H19N3O2. The molecule has 1 aliphatic heterocycles. The lowest BCUT2D eigenvalue weighted by molar-refractivity contribution is 0.295. The number of allylic oxidation sites excluding steroid dienone is 2. The number of nitrogens with one attached hydrogen (secondary N) is 1. The van der Waals surface area contributed by atoms with Gasteiger partial charge in [-0.2, -0.15) is 0 Å². The van der Waals surface area contributed by atoms with Gasteiger partial charge in [0.15, 0.2) is 0 Å². The van der Waals surface area contributed by atoms with Crippen molar-refractivity contribution in [3.05, 3.63) is 53.6 Å². The van der Waals surface area contributed by atoms with Crippen molar-refractivity contribution in [1.82, 2.24) is 9.97 Å². The van der Waals surface area contributed by atoms with Crippen molar-refractivity contribution >= 4 is 17.0 Å². The van der Waals surface area contributed by atoms with Gasteiger partial charge < -0.3 is 14.5 Å². The van der Waals surface area contributed by atoms with E-state index in [4.69, 9.17) is 9.47 Å². The number of hydrogen-bond donors (Lipinski definition) is 1. The van der Waals surface area contributed by atoms with Crippen LogP contribution in [0.1, 0.15) is 13.8 Å². The summed E-state index contributed by atoms with van der Waals surface area (Å²) in [4.78, 5) is 9.88. The van der Waals surface area contributed by atoms with Crippen molar-refractivity contribution in [3.8, 4) is 5.75 Å². The minimum atomic E-state index is 0.724. The largest absolute Gasteiger partial charge is 0.497 e. The SMILES string of the molecule is C=C1C(C)=C(OC)C(C)=CN1c1nc2ccc(OC)cc2[nH]1. The molecule has 0 saturated heterocycles. The molecule has 2 heterocycles. The maximum absolute atomic E-state index is 5.44. The predicted octanol–water partition coefficient (Wildman–Crippen LogP) is 3.73. The van der Waals surface area contributed by atoms with Crippen LogP contribution in [0.25, 0.3) is 11.0 Å². The molecule has 5 nitrogen and oxygen atoms in total. The first-order chi connectivity index (χ1) is 10.5. The Morgan fingerprint density at radius 3 is 2.64 bits per heavy atom. The molecule has 1 aromatic carbocycles. The van der Waals surface area contributed by atoms with Gasteiger partial charge >= 0.3 is 0 Å². The van der Waals surface area contributed by atoms with Crippen LogP contribution in [0, 0.1) is 0 Å². The summed E-state index contributed by atoms with van der Waals surface area (Å²) in [6.45, 7) is 8.15. The van der Waals surface area contributed by atoms with E-state index in [2.05, 4.69) is 16.5 Å². The summed E-state index contributed by atoms with van der Waals surface area (Å²) in [6.07, 6.45) is 1.98. The zero-order valence-corrected chi connectivity index (χ0v) is 13.2. The van der Waals surface area contributed by atoms with Gasteiger partial charge in [0.1, 0.15) is 11.5 Å². The molecule has 0 fully saturated rings. The number of benzene rings is 1. The molecule has 1 N–H and O–H groups in total. The monoisotopic (exact) mass is 297 g/mol. The van der Waals surface area contributed by atoms with Gasteiger partial charge in [-0.15, -0.1) is 0 Å². The van der Waals surface area contributed by atoms with Crippen LogP contribution in [-0.2, 0) is 4.74 Å². The van der Waals surface area contributed by atoms with E-state index in [9.17, 15) is 0 Å². The second-order valence-corrected chi connectivity index (χ2v) is 5.23. The second-order valence-electron chi connectivity index (χ2n) is 5.23. The number of H-pyrrole nitrogens is 1. The first-order valence-corrected chi connectivity index (χ1v) is 7.01. The van der Waals surface area contributed by atoms with E-state index in [-0.39, 0.29) is 0 Å². The number of fused-ring (bicyclic) bond motifs is 1. The quantitative estimate of drug-likeness (QED) is 0.938. The van der Waals surface area contributed by atoms with Crippen molar-refractivity contribution in [1.29, 1.82) is 0 Å². The van der Waals surface area contributed by atoms with Gasteiger partial charge in [-0.1, -0.05) is 6.58 Å². The highest BCUT2D eigenvalue weighted by atomic mass is 16.5. The molecule has 1 aliphatic rings. The van der Waals surface area contributed by atoms with Crippen LogP contribution in [0.3, 0.4) is 0 Å². The fourth-order valence-electron chi connectivity index (χ4n) is 2.66. The predicted molar refractivity (Wildman–Crippen MR) is 87.7 cm³/mol. The van der Waals surface area contributed by atoms with Crippen LogP contribution in [0.4, 0.5) is 5.95 Å². The Hall–Kier alpha value is -2.69. The Bertz CT molecular complexity index is 814. The van der Waals surface area contributed by atoms with Gasteiger partial charge in [-0.25, -0.2) is 4.98 Å². The molecule has 1 aromatic heterocycles. The number of rotatable bonds is 3. The van der Waals surface area contributed by atoms with Crippen LogP contribution in [-0.4, -0.2) is 24.2 Å². The Morgan fingerprint density at radius 2 is 1.95 bits per heavy atom. The smallest absolute Gasteiger partial charge is 0.212 e. The summed E-state index contributed by atoms with van der Waals surface area (Å²) < 4.78 is 10.7. The summed E-state index contributed by atoms with van der Waals surface area (Å²) in [7, 11) is 3.32. The number of aromatic amines is 1. The van der Waals surface area contributed by atoms with E-state index in [0.717, 1.165) is 45.3 Å².